The van der Waals surface area contributed by atoms with Crippen molar-refractivity contribution in [1.82, 2.24) is 10.3 Å². The highest BCUT2D eigenvalue weighted by Crippen LogP contribution is 2.44. The molecule has 1 heterocycles. The highest BCUT2D eigenvalue weighted by Gasteiger charge is 2.29. The van der Waals surface area contributed by atoms with Gasteiger partial charge in [0.15, 0.2) is 11.2 Å². The molecular weight excluding hydrogens is 446 g/mol. The number of fused-ring (bicyclic) bond motifs is 3. The molecule has 4 N–H and O–H groups in total. The molecule has 0 fully saturated rings. The van der Waals surface area contributed by atoms with Crippen LogP contribution in [0.4, 0.5) is 9.93 Å². The van der Waals surface area contributed by atoms with Gasteiger partial charge in [0, 0.05) is 5.92 Å². The van der Waals surface area contributed by atoms with Crippen LogP contribution in [0.3, 0.4) is 0 Å². The quantitative estimate of drug-likeness (QED) is 0.419. The van der Waals surface area contributed by atoms with Gasteiger partial charge in [0.25, 0.3) is 5.91 Å². The maximum atomic E-state index is 12.4. The average Bonchev–Trinajstić information content (AvgIpc) is 3.33. The fraction of sp³-hybridized carbons (Fsp3) is 0.217. The highest BCUT2D eigenvalue weighted by atomic mass is 32.1. The van der Waals surface area contributed by atoms with Crippen LogP contribution in [0.1, 0.15) is 32.4 Å². The molecule has 170 valence electrons. The lowest BCUT2D eigenvalue weighted by atomic mass is 9.98. The van der Waals surface area contributed by atoms with E-state index in [0.717, 1.165) is 33.6 Å². The van der Waals surface area contributed by atoms with Gasteiger partial charge in [0.1, 0.15) is 11.5 Å². The molecule has 1 aliphatic carbocycles. The number of aliphatic hydroxyl groups is 1. The van der Waals surface area contributed by atoms with Crippen LogP contribution in [-0.2, 0) is 9.53 Å². The Balaban J connectivity index is 1.38. The molecule has 1 atom stereocenters. The lowest BCUT2D eigenvalue weighted by molar-refractivity contribution is -0.146. The first kappa shape index (κ1) is 22.4. The number of aliphatic carboxylic acids is 1. The summed E-state index contributed by atoms with van der Waals surface area (Å²) in [6.07, 6.45) is -2.40. The number of hydrogen-bond acceptors (Lipinski definition) is 7. The molecule has 0 bridgehead atoms. The molecule has 0 aliphatic heterocycles. The fourth-order valence-corrected chi connectivity index (χ4v) is 4.61. The van der Waals surface area contributed by atoms with Crippen LogP contribution in [0.15, 0.2) is 48.5 Å². The van der Waals surface area contributed by atoms with Crippen molar-refractivity contribution in [2.24, 2.45) is 0 Å². The summed E-state index contributed by atoms with van der Waals surface area (Å²) < 4.78 is 5.48. The van der Waals surface area contributed by atoms with Crippen LogP contribution >= 0.6 is 11.3 Å². The van der Waals surface area contributed by atoms with Crippen LogP contribution in [0.25, 0.3) is 11.1 Å². The molecule has 4 rings (SSSR count). The number of hydrogen-bond donors (Lipinski definition) is 4. The molecule has 0 saturated heterocycles. The Morgan fingerprint density at radius 1 is 1.09 bits per heavy atom. The third-order valence-corrected chi connectivity index (χ3v) is 6.37. The van der Waals surface area contributed by atoms with Crippen LogP contribution in [0, 0.1) is 6.92 Å². The Kier molecular flexibility index (Phi) is 6.38. The number of anilines is 1. The second-order valence-electron chi connectivity index (χ2n) is 7.45. The average molecular weight is 468 g/mol. The summed E-state index contributed by atoms with van der Waals surface area (Å²) in [4.78, 5) is 39.7. The van der Waals surface area contributed by atoms with E-state index in [4.69, 9.17) is 9.84 Å². The van der Waals surface area contributed by atoms with Gasteiger partial charge < -0.3 is 20.3 Å². The SMILES string of the molecule is Cc1nc(NC(=O)OCC2c3ccccc3-c3ccccc32)sc1C(=O)NC[C@H](O)C(=O)O. The standard InChI is InChI=1S/C23H21N3O6S/c1-12-19(20(28)24-10-18(27)21(29)30)33-22(25-12)26-23(31)32-11-17-15-8-4-2-6-13(15)14-7-3-5-9-16(14)17/h2-9,17-18,27H,10-11H2,1H3,(H,24,28)(H,29,30)(H,25,26,31)/t18-/m0/s1. The summed E-state index contributed by atoms with van der Waals surface area (Å²) in [5.74, 6) is -2.11. The number of aryl methyl sites for hydroxylation is 1. The Bertz CT molecular complexity index is 1180. The van der Waals surface area contributed by atoms with Gasteiger partial charge >= 0.3 is 12.1 Å². The predicted molar refractivity (Wildman–Crippen MR) is 122 cm³/mol. The number of ether oxygens (including phenoxy) is 1. The largest absolute Gasteiger partial charge is 0.479 e. The molecular formula is C23H21N3O6S. The molecule has 0 saturated carbocycles. The molecule has 2 aromatic carbocycles. The van der Waals surface area contributed by atoms with E-state index in [1.807, 2.05) is 36.4 Å². The van der Waals surface area contributed by atoms with Crippen molar-refractivity contribution in [1.29, 1.82) is 0 Å². The lowest BCUT2D eigenvalue weighted by Gasteiger charge is -2.14. The monoisotopic (exact) mass is 467 g/mol. The van der Waals surface area contributed by atoms with Gasteiger partial charge in [-0.05, 0) is 29.2 Å². The van der Waals surface area contributed by atoms with Gasteiger partial charge in [-0.25, -0.2) is 14.6 Å². The number of nitrogens with zero attached hydrogens (tertiary/aromatic N) is 1. The van der Waals surface area contributed by atoms with Gasteiger partial charge in [0.2, 0.25) is 0 Å². The van der Waals surface area contributed by atoms with Gasteiger partial charge in [-0.3, -0.25) is 10.1 Å². The first-order chi connectivity index (χ1) is 15.8. The number of nitrogens with one attached hydrogen (secondary N) is 2. The topological polar surface area (TPSA) is 138 Å². The van der Waals surface area contributed by atoms with Crippen molar-refractivity contribution >= 4 is 34.4 Å². The number of carboxylic acid groups (broad SMARTS) is 1. The summed E-state index contributed by atoms with van der Waals surface area (Å²) in [5.41, 5.74) is 4.80. The number of amides is 2. The van der Waals surface area contributed by atoms with Gasteiger partial charge in [-0.2, -0.15) is 0 Å². The zero-order valence-electron chi connectivity index (χ0n) is 17.6. The summed E-state index contributed by atoms with van der Waals surface area (Å²) in [7, 11) is 0. The predicted octanol–water partition coefficient (Wildman–Crippen LogP) is 2.99. The maximum absolute atomic E-state index is 12.4. The summed E-state index contributed by atoms with van der Waals surface area (Å²) in [6, 6.07) is 16.0. The molecule has 0 unspecified atom stereocenters. The van der Waals surface area contributed by atoms with Crippen LogP contribution < -0.4 is 10.6 Å². The van der Waals surface area contributed by atoms with E-state index in [-0.39, 0.29) is 22.5 Å². The van der Waals surface area contributed by atoms with Crippen LogP contribution in [-0.4, -0.2) is 52.4 Å². The highest BCUT2D eigenvalue weighted by molar-refractivity contribution is 7.17. The normalized spacial score (nSPS) is 13.0. The number of aromatic nitrogens is 1. The first-order valence-electron chi connectivity index (χ1n) is 10.1. The van der Waals surface area contributed by atoms with E-state index >= 15 is 0 Å². The maximum Gasteiger partial charge on any atom is 0.413 e. The van der Waals surface area contributed by atoms with Gasteiger partial charge in [0.05, 0.1) is 12.2 Å². The van der Waals surface area contributed by atoms with E-state index in [2.05, 4.69) is 27.8 Å². The number of carbonyl (C=O) groups excluding carboxylic acids is 2. The number of rotatable bonds is 7. The molecule has 9 nitrogen and oxygen atoms in total. The van der Waals surface area contributed by atoms with Gasteiger partial charge in [-0.1, -0.05) is 59.9 Å². The minimum atomic E-state index is -1.71. The van der Waals surface area contributed by atoms with E-state index in [9.17, 15) is 19.5 Å². The minimum absolute atomic E-state index is 0.0804. The van der Waals surface area contributed by atoms with Crippen molar-refractivity contribution in [2.45, 2.75) is 18.9 Å². The number of aliphatic hydroxyl groups excluding tert-OH is 1. The number of carboxylic acids is 1. The molecule has 2 amide bonds. The Labute approximate surface area is 193 Å². The zero-order chi connectivity index (χ0) is 23.5. The fourth-order valence-electron chi connectivity index (χ4n) is 3.74. The van der Waals surface area contributed by atoms with Crippen molar-refractivity contribution in [3.63, 3.8) is 0 Å². The molecule has 0 radical (unpaired) electrons. The molecule has 0 spiro atoms. The lowest BCUT2D eigenvalue weighted by Crippen LogP contribution is -2.36. The van der Waals surface area contributed by atoms with E-state index in [1.165, 1.54) is 0 Å². The van der Waals surface area contributed by atoms with Crippen LogP contribution in [0.5, 0.6) is 0 Å². The smallest absolute Gasteiger partial charge is 0.413 e. The molecule has 1 aliphatic rings. The Morgan fingerprint density at radius 2 is 1.70 bits per heavy atom. The number of thiazole rings is 1. The molecule has 33 heavy (non-hydrogen) atoms. The van der Waals surface area contributed by atoms with E-state index < -0.39 is 30.6 Å². The van der Waals surface area contributed by atoms with Crippen LogP contribution in [0.2, 0.25) is 0 Å². The molecule has 3 aromatic rings. The van der Waals surface area contributed by atoms with E-state index in [1.54, 1.807) is 6.92 Å². The van der Waals surface area contributed by atoms with Crippen molar-refractivity contribution in [3.8, 4) is 11.1 Å². The summed E-state index contributed by atoms with van der Waals surface area (Å²) in [6.45, 7) is 1.28. The van der Waals surface area contributed by atoms with Crippen molar-refractivity contribution in [2.75, 3.05) is 18.5 Å². The van der Waals surface area contributed by atoms with Crippen molar-refractivity contribution < 1.29 is 29.3 Å². The second kappa shape index (κ2) is 9.39. The zero-order valence-corrected chi connectivity index (χ0v) is 18.4. The molecule has 10 heteroatoms. The first-order valence-corrected chi connectivity index (χ1v) is 10.9. The Hall–Kier alpha value is -3.76. The second-order valence-corrected chi connectivity index (χ2v) is 8.45. The number of carbonyl (C=O) groups is 3. The summed E-state index contributed by atoms with van der Waals surface area (Å²) in [5, 5.41) is 23.0. The van der Waals surface area contributed by atoms with Crippen molar-refractivity contribution in [3.05, 3.63) is 70.2 Å². The molecule has 1 aromatic heterocycles. The minimum Gasteiger partial charge on any atom is -0.479 e. The third kappa shape index (κ3) is 4.71. The third-order valence-electron chi connectivity index (χ3n) is 5.30. The number of benzene rings is 2. The van der Waals surface area contributed by atoms with E-state index in [0.29, 0.717) is 5.69 Å². The van der Waals surface area contributed by atoms with Gasteiger partial charge in [-0.15, -0.1) is 0 Å². The Morgan fingerprint density at radius 3 is 2.30 bits per heavy atom. The summed E-state index contributed by atoms with van der Waals surface area (Å²) >= 11 is 0.927.